The number of allylic oxidation sites excluding steroid dienone is 3. The van der Waals surface area contributed by atoms with Crippen LogP contribution in [0.25, 0.3) is 0 Å². The molecule has 0 aromatic heterocycles. The molecule has 0 amide bonds. The molecule has 0 radical (unpaired) electrons. The Bertz CT molecular complexity index is 262. The summed E-state index contributed by atoms with van der Waals surface area (Å²) in [5.41, 5.74) is 2.23. The summed E-state index contributed by atoms with van der Waals surface area (Å²) < 4.78 is 0. The molecule has 0 aromatic rings. The van der Waals surface area contributed by atoms with Gasteiger partial charge in [0, 0.05) is 12.2 Å². The number of hydrogen-bond donors (Lipinski definition) is 1. The Kier molecular flexibility index (Phi) is 7.59. The van der Waals surface area contributed by atoms with Crippen LogP contribution in [0.1, 0.15) is 13.8 Å². The van der Waals surface area contributed by atoms with E-state index < -0.39 is 5.97 Å². The number of halogens is 2. The van der Waals surface area contributed by atoms with E-state index in [0.29, 0.717) is 6.54 Å². The third-order valence-corrected chi connectivity index (χ3v) is 1.90. The van der Waals surface area contributed by atoms with Crippen molar-refractivity contribution in [1.82, 2.24) is 4.90 Å². The molecule has 1 rings (SSSR count). The van der Waals surface area contributed by atoms with E-state index in [0.717, 1.165) is 5.70 Å². The highest BCUT2D eigenvalue weighted by atomic mass is 35.5. The summed E-state index contributed by atoms with van der Waals surface area (Å²) in [6.45, 7) is 4.74. The van der Waals surface area contributed by atoms with Gasteiger partial charge in [-0.1, -0.05) is 11.6 Å². The molecule has 0 saturated carbocycles. The number of hydrogen-bond acceptors (Lipinski definition) is 2. The van der Waals surface area contributed by atoms with E-state index in [9.17, 15) is 4.79 Å². The van der Waals surface area contributed by atoms with Crippen molar-refractivity contribution in [1.29, 1.82) is 0 Å². The van der Waals surface area contributed by atoms with Crippen molar-refractivity contribution < 1.29 is 9.90 Å². The zero-order chi connectivity index (χ0) is 9.14. The Morgan fingerprint density at radius 3 is 2.50 bits per heavy atom. The Morgan fingerprint density at radius 2 is 2.07 bits per heavy atom. The van der Waals surface area contributed by atoms with Crippen LogP contribution in [0.5, 0.6) is 0 Å². The van der Waals surface area contributed by atoms with Gasteiger partial charge in [-0.2, -0.15) is 0 Å². The molecule has 14 heavy (non-hydrogen) atoms. The third-order valence-electron chi connectivity index (χ3n) is 1.90. The summed E-state index contributed by atoms with van der Waals surface area (Å²) in [4.78, 5) is 12.2. The largest absolute Gasteiger partial charge is 0.480 e. The van der Waals surface area contributed by atoms with Crippen LogP contribution in [0.15, 0.2) is 23.4 Å². The number of carbonyl (C=O) groups is 1. The smallest absolute Gasteiger partial charge is 0.323 e. The molecule has 1 aliphatic heterocycles. The number of rotatable bonds is 2. The van der Waals surface area contributed by atoms with Crippen LogP contribution in [-0.4, -0.2) is 29.1 Å². The summed E-state index contributed by atoms with van der Waals surface area (Å²) in [5.74, 6) is -0.782. The Morgan fingerprint density at radius 1 is 1.50 bits per heavy atom. The fourth-order valence-corrected chi connectivity index (χ4v) is 1.23. The number of nitrogens with zero attached hydrogens (tertiary/aromatic N) is 1. The lowest BCUT2D eigenvalue weighted by Gasteiger charge is -2.25. The number of aliphatic carboxylic acids is 1. The Labute approximate surface area is 96.3 Å². The Balaban J connectivity index is 0. The SMILES string of the molecule is CC1=CCN(CC(=O)O)C(C)=C1.Cl.Cl. The van der Waals surface area contributed by atoms with Gasteiger partial charge in [0.2, 0.25) is 0 Å². The van der Waals surface area contributed by atoms with E-state index in [2.05, 4.69) is 0 Å². The van der Waals surface area contributed by atoms with Gasteiger partial charge in [0.25, 0.3) is 0 Å². The van der Waals surface area contributed by atoms with Gasteiger partial charge >= 0.3 is 5.97 Å². The van der Waals surface area contributed by atoms with E-state index in [1.54, 1.807) is 0 Å². The minimum Gasteiger partial charge on any atom is -0.480 e. The van der Waals surface area contributed by atoms with E-state index in [-0.39, 0.29) is 31.4 Å². The first kappa shape index (κ1) is 15.8. The highest BCUT2D eigenvalue weighted by Gasteiger charge is 2.11. The van der Waals surface area contributed by atoms with E-state index in [1.165, 1.54) is 5.57 Å². The lowest BCUT2D eigenvalue weighted by molar-refractivity contribution is -0.137. The normalized spacial score (nSPS) is 14.6. The topological polar surface area (TPSA) is 40.5 Å². The van der Waals surface area contributed by atoms with Gasteiger partial charge in [-0.15, -0.1) is 24.8 Å². The van der Waals surface area contributed by atoms with E-state index in [4.69, 9.17) is 5.11 Å². The van der Waals surface area contributed by atoms with Crippen LogP contribution in [0.2, 0.25) is 0 Å². The Hall–Kier alpha value is -0.670. The van der Waals surface area contributed by atoms with Gasteiger partial charge in [0.15, 0.2) is 0 Å². The molecule has 1 N–H and O–H groups in total. The maximum absolute atomic E-state index is 10.4. The maximum Gasteiger partial charge on any atom is 0.323 e. The minimum atomic E-state index is -0.782. The molecule has 0 aromatic carbocycles. The molecule has 0 unspecified atom stereocenters. The second-order valence-electron chi connectivity index (χ2n) is 3.01. The lowest BCUT2D eigenvalue weighted by atomic mass is 10.1. The number of carboxylic acid groups (broad SMARTS) is 1. The van der Waals surface area contributed by atoms with Crippen LogP contribution in [-0.2, 0) is 4.79 Å². The van der Waals surface area contributed by atoms with Crippen molar-refractivity contribution in [2.45, 2.75) is 13.8 Å². The zero-order valence-corrected chi connectivity index (χ0v) is 9.82. The predicted molar refractivity (Wildman–Crippen MR) is 61.2 cm³/mol. The summed E-state index contributed by atoms with van der Waals surface area (Å²) >= 11 is 0. The summed E-state index contributed by atoms with van der Waals surface area (Å²) in [6, 6.07) is 0. The highest BCUT2D eigenvalue weighted by molar-refractivity contribution is 5.85. The predicted octanol–water partition coefficient (Wildman–Crippen LogP) is 2.08. The van der Waals surface area contributed by atoms with Gasteiger partial charge in [0.05, 0.1) is 0 Å². The van der Waals surface area contributed by atoms with Crippen molar-refractivity contribution in [2.75, 3.05) is 13.1 Å². The summed E-state index contributed by atoms with van der Waals surface area (Å²) in [5, 5.41) is 8.56. The van der Waals surface area contributed by atoms with Crippen molar-refractivity contribution in [3.05, 3.63) is 23.4 Å². The second kappa shape index (κ2) is 6.74. The molecule has 0 spiro atoms. The van der Waals surface area contributed by atoms with Crippen LogP contribution in [0.4, 0.5) is 0 Å². The molecule has 0 aliphatic carbocycles. The summed E-state index contributed by atoms with van der Waals surface area (Å²) in [7, 11) is 0. The van der Waals surface area contributed by atoms with E-state index in [1.807, 2.05) is 30.9 Å². The van der Waals surface area contributed by atoms with Crippen molar-refractivity contribution in [2.24, 2.45) is 0 Å². The van der Waals surface area contributed by atoms with E-state index >= 15 is 0 Å². The van der Waals surface area contributed by atoms with Gasteiger partial charge in [0.1, 0.15) is 6.54 Å². The first-order valence-corrected chi connectivity index (χ1v) is 3.91. The molecule has 0 bridgehead atoms. The van der Waals surface area contributed by atoms with Gasteiger partial charge in [-0.25, -0.2) is 0 Å². The molecule has 1 aliphatic rings. The van der Waals surface area contributed by atoms with Gasteiger partial charge < -0.3 is 10.0 Å². The fourth-order valence-electron chi connectivity index (χ4n) is 1.23. The molecule has 0 fully saturated rings. The standard InChI is InChI=1S/C9H13NO2.2ClH/c1-7-3-4-10(6-9(11)12)8(2)5-7;;/h3,5H,4,6H2,1-2H3,(H,11,12);2*1H. The van der Waals surface area contributed by atoms with Crippen LogP contribution in [0.3, 0.4) is 0 Å². The molecular formula is C9H15Cl2NO2. The maximum atomic E-state index is 10.4. The average molecular weight is 240 g/mol. The number of carboxylic acids is 1. The average Bonchev–Trinajstić information content (AvgIpc) is 1.94. The van der Waals surface area contributed by atoms with Gasteiger partial charge in [-0.05, 0) is 19.9 Å². The zero-order valence-electron chi connectivity index (χ0n) is 8.19. The molecule has 5 heteroatoms. The first-order valence-electron chi connectivity index (χ1n) is 3.91. The van der Waals surface area contributed by atoms with Crippen LogP contribution >= 0.6 is 24.8 Å². The quantitative estimate of drug-likeness (QED) is 0.803. The first-order chi connectivity index (χ1) is 5.59. The van der Waals surface area contributed by atoms with Crippen molar-refractivity contribution >= 4 is 30.8 Å². The highest BCUT2D eigenvalue weighted by Crippen LogP contribution is 2.12. The molecule has 3 nitrogen and oxygen atoms in total. The minimum absolute atomic E-state index is 0. The lowest BCUT2D eigenvalue weighted by Crippen LogP contribution is -2.30. The molecule has 1 heterocycles. The fraction of sp³-hybridized carbons (Fsp3) is 0.444. The molecular weight excluding hydrogens is 225 g/mol. The van der Waals surface area contributed by atoms with Gasteiger partial charge in [-0.3, -0.25) is 4.79 Å². The second-order valence-corrected chi connectivity index (χ2v) is 3.01. The molecule has 0 saturated heterocycles. The van der Waals surface area contributed by atoms with Crippen LogP contribution in [0, 0.1) is 0 Å². The monoisotopic (exact) mass is 239 g/mol. The third kappa shape index (κ3) is 4.53. The molecule has 82 valence electrons. The van der Waals surface area contributed by atoms with Crippen LogP contribution < -0.4 is 0 Å². The van der Waals surface area contributed by atoms with Crippen molar-refractivity contribution in [3.63, 3.8) is 0 Å². The van der Waals surface area contributed by atoms with Crippen molar-refractivity contribution in [3.8, 4) is 0 Å². The molecule has 0 atom stereocenters. The summed E-state index contributed by atoms with van der Waals surface area (Å²) in [6.07, 6.45) is 4.02.